The van der Waals surface area contributed by atoms with Gasteiger partial charge in [0.1, 0.15) is 6.17 Å². The smallest absolute Gasteiger partial charge is 0.211 e. The van der Waals surface area contributed by atoms with Crippen molar-refractivity contribution in [1.82, 2.24) is 9.21 Å². The van der Waals surface area contributed by atoms with Crippen LogP contribution in [-0.4, -0.2) is 85.2 Å². The maximum Gasteiger partial charge on any atom is 0.211 e. The van der Waals surface area contributed by atoms with Crippen LogP contribution < -0.4 is 0 Å². The number of halogens is 1. The Bertz CT molecular complexity index is 547. The molecule has 0 aromatic carbocycles. The first kappa shape index (κ1) is 23.8. The van der Waals surface area contributed by atoms with Gasteiger partial charge < -0.3 is 9.84 Å². The van der Waals surface area contributed by atoms with Crippen LogP contribution in [0, 0.1) is 5.41 Å². The molecule has 6 nitrogen and oxygen atoms in total. The molecule has 4 atom stereocenters. The Labute approximate surface area is 158 Å². The fourth-order valence-corrected chi connectivity index (χ4v) is 4.42. The quantitative estimate of drug-likeness (QED) is 0.712. The summed E-state index contributed by atoms with van der Waals surface area (Å²) in [7, 11) is -3.43. The molecule has 0 aromatic rings. The number of sulfonamides is 1. The molecule has 0 radical (unpaired) electrons. The number of hydrogen-bond acceptors (Lipinski definition) is 5. The third-order valence-electron chi connectivity index (χ3n) is 4.89. The van der Waals surface area contributed by atoms with E-state index in [0.717, 1.165) is 0 Å². The second-order valence-corrected chi connectivity index (χ2v) is 11.4. The molecular weight excluding hydrogens is 359 g/mol. The molecule has 1 rings (SSSR count). The van der Waals surface area contributed by atoms with Crippen LogP contribution in [0.25, 0.3) is 0 Å². The predicted molar refractivity (Wildman–Crippen MR) is 102 cm³/mol. The average Bonchev–Trinajstić information content (AvgIpc) is 2.70. The predicted octanol–water partition coefficient (Wildman–Crippen LogP) is 1.88. The van der Waals surface area contributed by atoms with E-state index in [1.54, 1.807) is 4.90 Å². The highest BCUT2D eigenvalue weighted by Gasteiger charge is 2.37. The van der Waals surface area contributed by atoms with Crippen LogP contribution in [0.5, 0.6) is 0 Å². The molecule has 1 heterocycles. The highest BCUT2D eigenvalue weighted by molar-refractivity contribution is 7.88. The Kier molecular flexibility index (Phi) is 7.67. The second-order valence-electron chi connectivity index (χ2n) is 9.53. The number of β-amino-alcohol motifs (C(OH)–C–C–N with tert-alkyl or cyclic N) is 1. The van der Waals surface area contributed by atoms with Gasteiger partial charge in [0.15, 0.2) is 0 Å². The summed E-state index contributed by atoms with van der Waals surface area (Å²) >= 11 is 0. The average molecular weight is 397 g/mol. The van der Waals surface area contributed by atoms with Gasteiger partial charge in [-0.25, -0.2) is 12.8 Å². The molecule has 0 amide bonds. The van der Waals surface area contributed by atoms with Gasteiger partial charge in [-0.3, -0.25) is 4.90 Å². The van der Waals surface area contributed by atoms with E-state index in [1.165, 1.54) is 10.6 Å². The zero-order valence-electron chi connectivity index (χ0n) is 17.5. The third-order valence-corrected chi connectivity index (χ3v) is 6.39. The lowest BCUT2D eigenvalue weighted by atomic mass is 9.90. The molecule has 26 heavy (non-hydrogen) atoms. The van der Waals surface area contributed by atoms with Gasteiger partial charge in [0, 0.05) is 31.7 Å². The van der Waals surface area contributed by atoms with Crippen LogP contribution in [0.4, 0.5) is 4.39 Å². The van der Waals surface area contributed by atoms with Crippen LogP contribution in [-0.2, 0) is 14.8 Å². The van der Waals surface area contributed by atoms with Gasteiger partial charge >= 0.3 is 0 Å². The Morgan fingerprint density at radius 3 is 2.12 bits per heavy atom. The molecule has 0 aliphatic carbocycles. The number of aliphatic hydroxyl groups excluding tert-OH is 1. The van der Waals surface area contributed by atoms with E-state index in [0.29, 0.717) is 6.54 Å². The largest absolute Gasteiger partial charge is 0.389 e. The Morgan fingerprint density at radius 2 is 1.77 bits per heavy atom. The second kappa shape index (κ2) is 8.39. The Hall–Kier alpha value is -0.280. The van der Waals surface area contributed by atoms with Crippen molar-refractivity contribution in [3.63, 3.8) is 0 Å². The zero-order valence-corrected chi connectivity index (χ0v) is 18.3. The van der Waals surface area contributed by atoms with Crippen molar-refractivity contribution < 1.29 is 22.7 Å². The minimum atomic E-state index is -3.43. The van der Waals surface area contributed by atoms with E-state index in [2.05, 4.69) is 20.8 Å². The van der Waals surface area contributed by atoms with Gasteiger partial charge in [-0.05, 0) is 33.1 Å². The van der Waals surface area contributed by atoms with Crippen LogP contribution in [0.15, 0.2) is 0 Å². The minimum Gasteiger partial charge on any atom is -0.389 e. The molecule has 1 aliphatic rings. The molecule has 4 unspecified atom stereocenters. The molecule has 1 aliphatic heterocycles. The number of alkyl halides is 1. The molecule has 0 bridgehead atoms. The summed E-state index contributed by atoms with van der Waals surface area (Å²) in [5, 5.41) is 9.67. The maximum atomic E-state index is 13.7. The van der Waals surface area contributed by atoms with Gasteiger partial charge in [-0.1, -0.05) is 20.8 Å². The number of hydrogen-bond donors (Lipinski definition) is 1. The normalized spacial score (nSPS) is 25.7. The summed E-state index contributed by atoms with van der Waals surface area (Å²) in [5.74, 6) is 0. The van der Waals surface area contributed by atoms with Crippen LogP contribution >= 0.6 is 0 Å². The van der Waals surface area contributed by atoms with Crippen molar-refractivity contribution in [1.29, 1.82) is 0 Å². The minimum absolute atomic E-state index is 0.108. The standard InChI is InChI=1S/C18H37FN2O4S/c1-13(17(2,3)4)25-14(9-20-11-15(19)16(22)12-20)10-21(18(5,6)7)26(8,23)24/h13-16,22H,9-12H2,1-8H3. The molecule has 1 fully saturated rings. The van der Waals surface area contributed by atoms with Crippen molar-refractivity contribution in [2.75, 3.05) is 32.4 Å². The number of nitrogens with zero attached hydrogens (tertiary/aromatic N) is 2. The summed E-state index contributed by atoms with van der Waals surface area (Å²) in [6.45, 7) is 14.6. The van der Waals surface area contributed by atoms with E-state index < -0.39 is 33.9 Å². The van der Waals surface area contributed by atoms with Gasteiger partial charge in [0.2, 0.25) is 10.0 Å². The highest BCUT2D eigenvalue weighted by Crippen LogP contribution is 2.26. The van der Waals surface area contributed by atoms with Gasteiger partial charge in [0.25, 0.3) is 0 Å². The molecular formula is C18H37FN2O4S. The van der Waals surface area contributed by atoms with Gasteiger partial charge in [0.05, 0.1) is 24.6 Å². The third kappa shape index (κ3) is 7.03. The molecule has 1 N–H and O–H groups in total. The maximum absolute atomic E-state index is 13.7. The number of ether oxygens (including phenoxy) is 1. The van der Waals surface area contributed by atoms with Crippen LogP contribution in [0.2, 0.25) is 0 Å². The number of aliphatic hydroxyl groups is 1. The summed E-state index contributed by atoms with van der Waals surface area (Å²) in [6, 6.07) is 0. The zero-order chi connectivity index (χ0) is 20.5. The van der Waals surface area contributed by atoms with Crippen molar-refractivity contribution in [2.24, 2.45) is 5.41 Å². The molecule has 0 saturated carbocycles. The van der Waals surface area contributed by atoms with E-state index in [1.807, 2.05) is 27.7 Å². The first-order valence-electron chi connectivity index (χ1n) is 9.19. The monoisotopic (exact) mass is 396 g/mol. The molecule has 1 saturated heterocycles. The number of likely N-dealkylation sites (tertiary alicyclic amines) is 1. The lowest BCUT2D eigenvalue weighted by molar-refractivity contribution is -0.0746. The first-order valence-corrected chi connectivity index (χ1v) is 11.0. The van der Waals surface area contributed by atoms with E-state index in [4.69, 9.17) is 4.74 Å². The lowest BCUT2D eigenvalue weighted by Crippen LogP contribution is -2.52. The molecule has 0 aromatic heterocycles. The van der Waals surface area contributed by atoms with Crippen molar-refractivity contribution >= 4 is 10.0 Å². The summed E-state index contributed by atoms with van der Waals surface area (Å²) < 4.78 is 45.9. The fourth-order valence-electron chi connectivity index (χ4n) is 2.99. The van der Waals surface area contributed by atoms with Crippen molar-refractivity contribution in [2.45, 2.75) is 78.5 Å². The fraction of sp³-hybridized carbons (Fsp3) is 1.00. The van der Waals surface area contributed by atoms with Gasteiger partial charge in [-0.15, -0.1) is 0 Å². The lowest BCUT2D eigenvalue weighted by Gasteiger charge is -2.39. The number of rotatable bonds is 7. The summed E-state index contributed by atoms with van der Waals surface area (Å²) in [6.07, 6.45) is -1.61. The highest BCUT2D eigenvalue weighted by atomic mass is 32.2. The Balaban J connectivity index is 2.99. The van der Waals surface area contributed by atoms with E-state index in [-0.39, 0.29) is 31.2 Å². The Morgan fingerprint density at radius 1 is 1.23 bits per heavy atom. The van der Waals surface area contributed by atoms with Crippen molar-refractivity contribution in [3.05, 3.63) is 0 Å². The van der Waals surface area contributed by atoms with Crippen LogP contribution in [0.3, 0.4) is 0 Å². The molecule has 156 valence electrons. The van der Waals surface area contributed by atoms with Crippen LogP contribution in [0.1, 0.15) is 48.5 Å². The SMILES string of the molecule is CC(OC(CN1CC(O)C(F)C1)CN(C(C)(C)C)S(C)(=O)=O)C(C)(C)C. The van der Waals surface area contributed by atoms with Crippen molar-refractivity contribution in [3.8, 4) is 0 Å². The van der Waals surface area contributed by atoms with E-state index >= 15 is 0 Å². The first-order chi connectivity index (χ1) is 11.5. The summed E-state index contributed by atoms with van der Waals surface area (Å²) in [5.41, 5.74) is -0.698. The van der Waals surface area contributed by atoms with Gasteiger partial charge in [-0.2, -0.15) is 4.31 Å². The molecule has 0 spiro atoms. The molecule has 8 heteroatoms. The van der Waals surface area contributed by atoms with E-state index in [9.17, 15) is 17.9 Å². The topological polar surface area (TPSA) is 70.1 Å². The summed E-state index contributed by atoms with van der Waals surface area (Å²) in [4.78, 5) is 1.80.